The summed E-state index contributed by atoms with van der Waals surface area (Å²) in [5.41, 5.74) is 1.32. The standard InChI is InChI=1S/C15H22N2O2.2ClH/c1-2-4-13(5-3-1)10-14-11-19-15(12-18-14)17-8-6-16-7-9-17;;/h1-5,14-16H,6-12H2;2*1H. The van der Waals surface area contributed by atoms with Gasteiger partial charge in [-0.2, -0.15) is 0 Å². The number of rotatable bonds is 3. The summed E-state index contributed by atoms with van der Waals surface area (Å²) in [5.74, 6) is 0. The zero-order chi connectivity index (χ0) is 12.9. The fraction of sp³-hybridized carbons (Fsp3) is 0.600. The Kier molecular flexibility index (Phi) is 8.56. The first-order valence-corrected chi connectivity index (χ1v) is 7.14. The molecule has 0 bridgehead atoms. The zero-order valence-corrected chi connectivity index (χ0v) is 13.7. The number of piperazine rings is 1. The van der Waals surface area contributed by atoms with E-state index in [9.17, 15) is 0 Å². The first kappa shape index (κ1) is 18.7. The number of nitrogens with zero attached hydrogens (tertiary/aromatic N) is 1. The average Bonchev–Trinajstić information content (AvgIpc) is 2.50. The van der Waals surface area contributed by atoms with Crippen LogP contribution in [0.4, 0.5) is 0 Å². The monoisotopic (exact) mass is 334 g/mol. The lowest BCUT2D eigenvalue weighted by molar-refractivity contribution is -0.186. The van der Waals surface area contributed by atoms with Gasteiger partial charge in [-0.15, -0.1) is 24.8 Å². The molecule has 0 radical (unpaired) electrons. The summed E-state index contributed by atoms with van der Waals surface area (Å²) < 4.78 is 11.9. The predicted octanol–water partition coefficient (Wildman–Crippen LogP) is 1.72. The van der Waals surface area contributed by atoms with E-state index in [1.165, 1.54) is 5.56 Å². The van der Waals surface area contributed by atoms with Crippen molar-refractivity contribution < 1.29 is 9.47 Å². The molecule has 6 heteroatoms. The molecule has 0 spiro atoms. The van der Waals surface area contributed by atoms with Crippen LogP contribution in [-0.4, -0.2) is 56.6 Å². The third-order valence-corrected chi connectivity index (χ3v) is 3.81. The number of ether oxygens (including phenoxy) is 2. The van der Waals surface area contributed by atoms with Crippen molar-refractivity contribution in [1.82, 2.24) is 10.2 Å². The molecule has 120 valence electrons. The van der Waals surface area contributed by atoms with Crippen molar-refractivity contribution in [2.24, 2.45) is 0 Å². The summed E-state index contributed by atoms with van der Waals surface area (Å²) in [6, 6.07) is 10.5. The van der Waals surface area contributed by atoms with E-state index in [0.29, 0.717) is 13.2 Å². The fourth-order valence-corrected chi connectivity index (χ4v) is 2.71. The second-order valence-corrected chi connectivity index (χ2v) is 5.22. The molecule has 1 N–H and O–H groups in total. The van der Waals surface area contributed by atoms with Crippen LogP contribution in [0.15, 0.2) is 30.3 Å². The molecule has 1 aromatic rings. The predicted molar refractivity (Wildman–Crippen MR) is 88.6 cm³/mol. The third kappa shape index (κ3) is 5.40. The zero-order valence-electron chi connectivity index (χ0n) is 12.1. The average molecular weight is 335 g/mol. The van der Waals surface area contributed by atoms with Gasteiger partial charge >= 0.3 is 0 Å². The van der Waals surface area contributed by atoms with Gasteiger partial charge < -0.3 is 14.8 Å². The van der Waals surface area contributed by atoms with Crippen LogP contribution in [0.2, 0.25) is 0 Å². The van der Waals surface area contributed by atoms with Gasteiger partial charge in [0, 0.05) is 32.6 Å². The molecule has 0 aliphatic carbocycles. The highest BCUT2D eigenvalue weighted by Gasteiger charge is 2.27. The van der Waals surface area contributed by atoms with Crippen molar-refractivity contribution in [2.75, 3.05) is 39.4 Å². The molecule has 4 nitrogen and oxygen atoms in total. The lowest BCUT2D eigenvalue weighted by Gasteiger charge is -2.38. The quantitative estimate of drug-likeness (QED) is 0.912. The number of hydrogen-bond donors (Lipinski definition) is 1. The van der Waals surface area contributed by atoms with Crippen LogP contribution in [0.1, 0.15) is 5.56 Å². The molecule has 1 aromatic carbocycles. The Balaban J connectivity index is 0.00000110. The number of hydrogen-bond acceptors (Lipinski definition) is 4. The largest absolute Gasteiger partial charge is 0.371 e. The van der Waals surface area contributed by atoms with E-state index >= 15 is 0 Å². The van der Waals surface area contributed by atoms with E-state index in [2.05, 4.69) is 34.5 Å². The Labute approximate surface area is 139 Å². The van der Waals surface area contributed by atoms with Crippen molar-refractivity contribution in [3.05, 3.63) is 35.9 Å². The van der Waals surface area contributed by atoms with Gasteiger partial charge in [0.2, 0.25) is 0 Å². The van der Waals surface area contributed by atoms with Gasteiger partial charge in [0.25, 0.3) is 0 Å². The van der Waals surface area contributed by atoms with E-state index in [0.717, 1.165) is 32.6 Å². The third-order valence-electron chi connectivity index (χ3n) is 3.81. The maximum atomic E-state index is 5.98. The molecule has 2 heterocycles. The lowest BCUT2D eigenvalue weighted by Crippen LogP contribution is -2.53. The molecule has 2 atom stereocenters. The molecule has 2 fully saturated rings. The van der Waals surface area contributed by atoms with E-state index in [1.54, 1.807) is 0 Å². The molecule has 2 aliphatic heterocycles. The van der Waals surface area contributed by atoms with Crippen molar-refractivity contribution >= 4 is 24.8 Å². The molecule has 2 saturated heterocycles. The minimum Gasteiger partial charge on any atom is -0.371 e. The Morgan fingerprint density at radius 1 is 1.00 bits per heavy atom. The first-order valence-electron chi connectivity index (χ1n) is 7.14. The minimum atomic E-state index is 0. The second-order valence-electron chi connectivity index (χ2n) is 5.22. The van der Waals surface area contributed by atoms with Crippen molar-refractivity contribution in [2.45, 2.75) is 18.8 Å². The van der Waals surface area contributed by atoms with E-state index in [4.69, 9.17) is 9.47 Å². The SMILES string of the molecule is Cl.Cl.c1ccc(CC2COC(N3CCNCC3)CO2)cc1. The highest BCUT2D eigenvalue weighted by molar-refractivity contribution is 5.85. The fourth-order valence-electron chi connectivity index (χ4n) is 2.71. The Morgan fingerprint density at radius 2 is 1.71 bits per heavy atom. The maximum absolute atomic E-state index is 5.98. The van der Waals surface area contributed by atoms with Crippen LogP contribution in [0.25, 0.3) is 0 Å². The maximum Gasteiger partial charge on any atom is 0.134 e. The highest BCUT2D eigenvalue weighted by Crippen LogP contribution is 2.15. The van der Waals surface area contributed by atoms with Crippen LogP contribution in [0.3, 0.4) is 0 Å². The van der Waals surface area contributed by atoms with Crippen molar-refractivity contribution in [3.8, 4) is 0 Å². The van der Waals surface area contributed by atoms with E-state index in [-0.39, 0.29) is 37.1 Å². The van der Waals surface area contributed by atoms with Crippen LogP contribution in [0.5, 0.6) is 0 Å². The van der Waals surface area contributed by atoms with Crippen LogP contribution in [0, 0.1) is 0 Å². The smallest absolute Gasteiger partial charge is 0.134 e. The van der Waals surface area contributed by atoms with Crippen LogP contribution < -0.4 is 5.32 Å². The molecular weight excluding hydrogens is 311 g/mol. The van der Waals surface area contributed by atoms with Gasteiger partial charge in [-0.3, -0.25) is 4.90 Å². The molecular formula is C15H24Cl2N2O2. The molecule has 3 rings (SSSR count). The van der Waals surface area contributed by atoms with Gasteiger partial charge in [-0.1, -0.05) is 30.3 Å². The summed E-state index contributed by atoms with van der Waals surface area (Å²) >= 11 is 0. The van der Waals surface area contributed by atoms with Gasteiger partial charge in [-0.25, -0.2) is 0 Å². The number of halogens is 2. The highest BCUT2D eigenvalue weighted by atomic mass is 35.5. The Bertz CT molecular complexity index is 381. The van der Waals surface area contributed by atoms with Crippen molar-refractivity contribution in [3.63, 3.8) is 0 Å². The van der Waals surface area contributed by atoms with Gasteiger partial charge in [0.05, 0.1) is 19.3 Å². The van der Waals surface area contributed by atoms with E-state index < -0.39 is 0 Å². The summed E-state index contributed by atoms with van der Waals surface area (Å²) in [7, 11) is 0. The van der Waals surface area contributed by atoms with E-state index in [1.807, 2.05) is 6.07 Å². The first-order chi connectivity index (χ1) is 9.42. The lowest BCUT2D eigenvalue weighted by atomic mass is 10.1. The molecule has 0 amide bonds. The molecule has 2 unspecified atom stereocenters. The van der Waals surface area contributed by atoms with Crippen LogP contribution in [-0.2, 0) is 15.9 Å². The van der Waals surface area contributed by atoms with Gasteiger partial charge in [0.15, 0.2) is 0 Å². The number of benzene rings is 1. The number of nitrogens with one attached hydrogen (secondary N) is 1. The van der Waals surface area contributed by atoms with Crippen molar-refractivity contribution in [1.29, 1.82) is 0 Å². The second kappa shape index (κ2) is 9.62. The Morgan fingerprint density at radius 3 is 2.33 bits per heavy atom. The van der Waals surface area contributed by atoms with Crippen LogP contribution >= 0.6 is 24.8 Å². The topological polar surface area (TPSA) is 33.7 Å². The molecule has 0 saturated carbocycles. The molecule has 0 aromatic heterocycles. The van der Waals surface area contributed by atoms with Gasteiger partial charge in [0.1, 0.15) is 6.23 Å². The Hall–Kier alpha value is -0.360. The summed E-state index contributed by atoms with van der Waals surface area (Å²) in [5, 5.41) is 3.36. The minimum absolute atomic E-state index is 0. The molecule has 21 heavy (non-hydrogen) atoms. The normalized spacial score (nSPS) is 26.5. The summed E-state index contributed by atoms with van der Waals surface area (Å²) in [6.07, 6.45) is 1.28. The van der Waals surface area contributed by atoms with Gasteiger partial charge in [-0.05, 0) is 5.56 Å². The summed E-state index contributed by atoms with van der Waals surface area (Å²) in [6.45, 7) is 5.59. The molecule has 2 aliphatic rings. The summed E-state index contributed by atoms with van der Waals surface area (Å²) in [4.78, 5) is 2.37.